The molecular formula is C9H15NO2. The van der Waals surface area contributed by atoms with E-state index in [-0.39, 0.29) is 17.6 Å². The third kappa shape index (κ3) is 1.12. The molecule has 1 saturated heterocycles. The molecule has 2 N–H and O–H groups in total. The van der Waals surface area contributed by atoms with Crippen molar-refractivity contribution < 1.29 is 9.53 Å². The fraction of sp³-hybridized carbons (Fsp3) is 0.889. The summed E-state index contributed by atoms with van der Waals surface area (Å²) in [7, 11) is 0. The standard InChI is InChI=1S/C9H15NO2/c10-7-6-8(11)12-9(7)4-2-1-3-5-9/h7H,1-6,10H2. The van der Waals surface area contributed by atoms with Gasteiger partial charge in [-0.05, 0) is 25.7 Å². The van der Waals surface area contributed by atoms with Crippen LogP contribution < -0.4 is 5.73 Å². The van der Waals surface area contributed by atoms with Crippen molar-refractivity contribution in [2.45, 2.75) is 50.2 Å². The van der Waals surface area contributed by atoms with Gasteiger partial charge in [-0.25, -0.2) is 0 Å². The highest BCUT2D eigenvalue weighted by atomic mass is 16.6. The minimum atomic E-state index is -0.269. The van der Waals surface area contributed by atoms with Gasteiger partial charge in [-0.1, -0.05) is 6.42 Å². The molecule has 3 nitrogen and oxygen atoms in total. The van der Waals surface area contributed by atoms with E-state index < -0.39 is 0 Å². The molecule has 1 aliphatic carbocycles. The summed E-state index contributed by atoms with van der Waals surface area (Å²) in [5, 5.41) is 0. The molecule has 68 valence electrons. The van der Waals surface area contributed by atoms with Crippen LogP contribution in [0, 0.1) is 0 Å². The van der Waals surface area contributed by atoms with E-state index in [9.17, 15) is 4.79 Å². The molecule has 0 bridgehead atoms. The van der Waals surface area contributed by atoms with E-state index in [0.29, 0.717) is 6.42 Å². The summed E-state index contributed by atoms with van der Waals surface area (Å²) in [6.07, 6.45) is 5.92. The van der Waals surface area contributed by atoms with Gasteiger partial charge in [-0.15, -0.1) is 0 Å². The Hall–Kier alpha value is -0.570. The van der Waals surface area contributed by atoms with Crippen molar-refractivity contribution in [3.63, 3.8) is 0 Å². The normalized spacial score (nSPS) is 33.8. The lowest BCUT2D eigenvalue weighted by Crippen LogP contribution is -2.46. The average molecular weight is 169 g/mol. The van der Waals surface area contributed by atoms with Crippen molar-refractivity contribution in [1.82, 2.24) is 0 Å². The van der Waals surface area contributed by atoms with Gasteiger partial charge in [-0.3, -0.25) is 4.79 Å². The van der Waals surface area contributed by atoms with Crippen molar-refractivity contribution in [3.8, 4) is 0 Å². The van der Waals surface area contributed by atoms with Crippen LogP contribution in [0.1, 0.15) is 38.5 Å². The van der Waals surface area contributed by atoms with Gasteiger partial charge in [-0.2, -0.15) is 0 Å². The molecule has 0 aromatic heterocycles. The van der Waals surface area contributed by atoms with Crippen molar-refractivity contribution in [2.24, 2.45) is 5.73 Å². The summed E-state index contributed by atoms with van der Waals surface area (Å²) in [6.45, 7) is 0. The Labute approximate surface area is 72.3 Å². The molecule has 1 aliphatic heterocycles. The van der Waals surface area contributed by atoms with E-state index in [2.05, 4.69) is 0 Å². The first-order valence-corrected chi connectivity index (χ1v) is 4.70. The van der Waals surface area contributed by atoms with Crippen molar-refractivity contribution >= 4 is 5.97 Å². The molecule has 0 amide bonds. The highest BCUT2D eigenvalue weighted by Crippen LogP contribution is 2.38. The number of carbonyl (C=O) groups is 1. The van der Waals surface area contributed by atoms with E-state index >= 15 is 0 Å². The van der Waals surface area contributed by atoms with Gasteiger partial charge >= 0.3 is 5.97 Å². The highest BCUT2D eigenvalue weighted by Gasteiger charge is 2.47. The number of esters is 1. The monoisotopic (exact) mass is 169 g/mol. The lowest BCUT2D eigenvalue weighted by Gasteiger charge is -2.34. The van der Waals surface area contributed by atoms with Gasteiger partial charge in [0.15, 0.2) is 0 Å². The summed E-state index contributed by atoms with van der Waals surface area (Å²) in [4.78, 5) is 11.0. The zero-order chi connectivity index (χ0) is 8.60. The van der Waals surface area contributed by atoms with Gasteiger partial charge < -0.3 is 10.5 Å². The summed E-state index contributed by atoms with van der Waals surface area (Å²) in [5.41, 5.74) is 5.62. The predicted molar refractivity (Wildman–Crippen MR) is 44.5 cm³/mol. The van der Waals surface area contributed by atoms with Gasteiger partial charge in [0.2, 0.25) is 0 Å². The second-order valence-electron chi connectivity index (χ2n) is 3.91. The van der Waals surface area contributed by atoms with Crippen molar-refractivity contribution in [3.05, 3.63) is 0 Å². The molecule has 12 heavy (non-hydrogen) atoms. The van der Waals surface area contributed by atoms with Crippen LogP contribution in [-0.4, -0.2) is 17.6 Å². The van der Waals surface area contributed by atoms with Gasteiger partial charge in [0, 0.05) is 0 Å². The van der Waals surface area contributed by atoms with Crippen LogP contribution in [0.4, 0.5) is 0 Å². The number of hydrogen-bond acceptors (Lipinski definition) is 3. The first kappa shape index (κ1) is 8.05. The molecule has 1 spiro atoms. The summed E-state index contributed by atoms with van der Waals surface area (Å²) < 4.78 is 5.34. The number of hydrogen-bond donors (Lipinski definition) is 1. The Morgan fingerprint density at radius 3 is 2.50 bits per heavy atom. The van der Waals surface area contributed by atoms with Crippen LogP contribution in [0.25, 0.3) is 0 Å². The van der Waals surface area contributed by atoms with Crippen LogP contribution in [0.2, 0.25) is 0 Å². The second-order valence-corrected chi connectivity index (χ2v) is 3.91. The molecule has 1 unspecified atom stereocenters. The fourth-order valence-electron chi connectivity index (χ4n) is 2.33. The number of carbonyl (C=O) groups excluding carboxylic acids is 1. The van der Waals surface area contributed by atoms with Crippen LogP contribution in [-0.2, 0) is 9.53 Å². The topological polar surface area (TPSA) is 52.3 Å². The molecule has 3 heteroatoms. The van der Waals surface area contributed by atoms with Gasteiger partial charge in [0.05, 0.1) is 12.5 Å². The molecular weight excluding hydrogens is 154 g/mol. The molecule has 2 rings (SSSR count). The zero-order valence-electron chi connectivity index (χ0n) is 7.21. The fourth-order valence-corrected chi connectivity index (χ4v) is 2.33. The largest absolute Gasteiger partial charge is 0.457 e. The lowest BCUT2D eigenvalue weighted by molar-refractivity contribution is -0.151. The first-order valence-electron chi connectivity index (χ1n) is 4.70. The van der Waals surface area contributed by atoms with E-state index in [1.54, 1.807) is 0 Å². The smallest absolute Gasteiger partial charge is 0.308 e. The maximum absolute atomic E-state index is 11.0. The number of nitrogens with two attached hydrogens (primary N) is 1. The van der Waals surface area contributed by atoms with Crippen LogP contribution >= 0.6 is 0 Å². The second kappa shape index (κ2) is 2.73. The quantitative estimate of drug-likeness (QED) is 0.549. The lowest BCUT2D eigenvalue weighted by atomic mass is 9.80. The number of rotatable bonds is 0. The molecule has 0 aromatic carbocycles. The minimum absolute atomic E-state index is 0.0506. The molecule has 1 saturated carbocycles. The highest BCUT2D eigenvalue weighted by molar-refractivity contribution is 5.73. The Balaban J connectivity index is 2.13. The third-order valence-corrected chi connectivity index (χ3v) is 3.08. The zero-order valence-corrected chi connectivity index (χ0v) is 7.21. The Morgan fingerprint density at radius 2 is 2.00 bits per heavy atom. The predicted octanol–water partition coefficient (Wildman–Crippen LogP) is 0.963. The van der Waals surface area contributed by atoms with Crippen LogP contribution in [0.15, 0.2) is 0 Å². The Bertz CT molecular complexity index is 197. The molecule has 0 radical (unpaired) electrons. The SMILES string of the molecule is NC1CC(=O)OC12CCCCC2. The maximum atomic E-state index is 11.0. The Morgan fingerprint density at radius 1 is 1.33 bits per heavy atom. The van der Waals surface area contributed by atoms with Gasteiger partial charge in [0.1, 0.15) is 5.60 Å². The first-order chi connectivity index (χ1) is 5.73. The van der Waals surface area contributed by atoms with Crippen molar-refractivity contribution in [2.75, 3.05) is 0 Å². The van der Waals surface area contributed by atoms with E-state index in [0.717, 1.165) is 25.7 Å². The minimum Gasteiger partial charge on any atom is -0.457 e. The number of ether oxygens (including phenoxy) is 1. The van der Waals surface area contributed by atoms with E-state index in [1.807, 2.05) is 0 Å². The summed E-state index contributed by atoms with van der Waals surface area (Å²) in [5.74, 6) is -0.107. The van der Waals surface area contributed by atoms with Crippen LogP contribution in [0.5, 0.6) is 0 Å². The molecule has 1 heterocycles. The molecule has 2 fully saturated rings. The van der Waals surface area contributed by atoms with Gasteiger partial charge in [0.25, 0.3) is 0 Å². The van der Waals surface area contributed by atoms with E-state index in [4.69, 9.17) is 10.5 Å². The van der Waals surface area contributed by atoms with Crippen molar-refractivity contribution in [1.29, 1.82) is 0 Å². The maximum Gasteiger partial charge on any atom is 0.308 e. The Kier molecular flexibility index (Phi) is 1.83. The molecule has 1 atom stereocenters. The van der Waals surface area contributed by atoms with Crippen LogP contribution in [0.3, 0.4) is 0 Å². The van der Waals surface area contributed by atoms with E-state index in [1.165, 1.54) is 6.42 Å². The average Bonchev–Trinajstić information content (AvgIpc) is 2.29. The molecule has 0 aromatic rings. The summed E-state index contributed by atoms with van der Waals surface area (Å²) >= 11 is 0. The third-order valence-electron chi connectivity index (χ3n) is 3.08. The molecule has 2 aliphatic rings. The summed E-state index contributed by atoms with van der Waals surface area (Å²) in [6, 6.07) is -0.0506.